The van der Waals surface area contributed by atoms with Gasteiger partial charge in [-0.15, -0.1) is 0 Å². The number of hydrogen-bond donors (Lipinski definition) is 1. The zero-order valence-electron chi connectivity index (χ0n) is 9.41. The molecule has 0 aliphatic carbocycles. The molecule has 0 spiro atoms. The van der Waals surface area contributed by atoms with Crippen LogP contribution in [-0.2, 0) is 14.8 Å². The monoisotopic (exact) mass is 234 g/mol. The molecule has 0 aliphatic heterocycles. The first-order chi connectivity index (χ1) is 6.95. The highest BCUT2D eigenvalue weighted by Gasteiger charge is 2.30. The van der Waals surface area contributed by atoms with E-state index in [-0.39, 0.29) is 12.4 Å². The van der Waals surface area contributed by atoms with Crippen LogP contribution in [0.4, 0.5) is 0 Å². The largest absolute Gasteiger partial charge is 0.384 e. The van der Waals surface area contributed by atoms with Crippen molar-refractivity contribution in [1.82, 2.24) is 4.72 Å². The maximum Gasteiger partial charge on any atom is 0.215 e. The van der Waals surface area contributed by atoms with Crippen molar-refractivity contribution >= 4 is 10.0 Å². The second-order valence-corrected chi connectivity index (χ2v) is 5.16. The lowest BCUT2D eigenvalue weighted by atomic mass is 9.97. The molecule has 6 heteroatoms. The SMILES string of the molecule is CCC(C#N)(CC)NS(=O)(=O)CCOC. The highest BCUT2D eigenvalue weighted by Crippen LogP contribution is 2.15. The predicted molar refractivity (Wildman–Crippen MR) is 57.7 cm³/mol. The van der Waals surface area contributed by atoms with E-state index in [1.807, 2.05) is 6.07 Å². The third kappa shape index (κ3) is 4.60. The summed E-state index contributed by atoms with van der Waals surface area (Å²) < 4.78 is 30.2. The molecule has 88 valence electrons. The Bertz CT molecular complexity index is 315. The average Bonchev–Trinajstić information content (AvgIpc) is 2.23. The molecule has 0 saturated carbocycles. The Kier molecular flexibility index (Phi) is 5.80. The van der Waals surface area contributed by atoms with E-state index >= 15 is 0 Å². The van der Waals surface area contributed by atoms with Crippen molar-refractivity contribution < 1.29 is 13.2 Å². The van der Waals surface area contributed by atoms with Gasteiger partial charge in [-0.1, -0.05) is 13.8 Å². The summed E-state index contributed by atoms with van der Waals surface area (Å²) in [6.45, 7) is 3.70. The highest BCUT2D eigenvalue weighted by atomic mass is 32.2. The van der Waals surface area contributed by atoms with Gasteiger partial charge in [0, 0.05) is 7.11 Å². The number of nitrogens with zero attached hydrogens (tertiary/aromatic N) is 1. The molecule has 0 aliphatic rings. The van der Waals surface area contributed by atoms with E-state index in [2.05, 4.69) is 4.72 Å². The zero-order valence-corrected chi connectivity index (χ0v) is 10.2. The molecular weight excluding hydrogens is 216 g/mol. The van der Waals surface area contributed by atoms with Crippen molar-refractivity contribution in [2.75, 3.05) is 19.5 Å². The van der Waals surface area contributed by atoms with E-state index in [0.29, 0.717) is 12.8 Å². The van der Waals surface area contributed by atoms with Gasteiger partial charge in [0.25, 0.3) is 0 Å². The van der Waals surface area contributed by atoms with Gasteiger partial charge in [0.2, 0.25) is 10.0 Å². The second-order valence-electron chi connectivity index (χ2n) is 3.31. The summed E-state index contributed by atoms with van der Waals surface area (Å²) in [5.41, 5.74) is -0.980. The van der Waals surface area contributed by atoms with Gasteiger partial charge in [0.05, 0.1) is 18.4 Å². The molecule has 0 atom stereocenters. The van der Waals surface area contributed by atoms with Crippen LogP contribution in [-0.4, -0.2) is 33.4 Å². The highest BCUT2D eigenvalue weighted by molar-refractivity contribution is 7.89. The fourth-order valence-electron chi connectivity index (χ4n) is 1.12. The Balaban J connectivity index is 4.62. The van der Waals surface area contributed by atoms with Crippen molar-refractivity contribution in [2.45, 2.75) is 32.2 Å². The number of ether oxygens (including phenoxy) is 1. The summed E-state index contributed by atoms with van der Waals surface area (Å²) in [6, 6.07) is 2.02. The van der Waals surface area contributed by atoms with Gasteiger partial charge in [0.15, 0.2) is 0 Å². The summed E-state index contributed by atoms with van der Waals surface area (Å²) in [6.07, 6.45) is 0.901. The topological polar surface area (TPSA) is 79.2 Å². The summed E-state index contributed by atoms with van der Waals surface area (Å²) in [4.78, 5) is 0. The van der Waals surface area contributed by atoms with Gasteiger partial charge in [-0.2, -0.15) is 9.98 Å². The fourth-order valence-corrected chi connectivity index (χ4v) is 2.53. The van der Waals surface area contributed by atoms with E-state index in [1.54, 1.807) is 13.8 Å². The van der Waals surface area contributed by atoms with E-state index in [4.69, 9.17) is 10.00 Å². The van der Waals surface area contributed by atoms with Crippen molar-refractivity contribution in [3.05, 3.63) is 0 Å². The van der Waals surface area contributed by atoms with Crippen molar-refractivity contribution in [2.24, 2.45) is 0 Å². The number of hydrogen-bond acceptors (Lipinski definition) is 4. The van der Waals surface area contributed by atoms with Gasteiger partial charge >= 0.3 is 0 Å². The van der Waals surface area contributed by atoms with E-state index < -0.39 is 15.6 Å². The Morgan fingerprint density at radius 2 is 1.93 bits per heavy atom. The fraction of sp³-hybridized carbons (Fsp3) is 0.889. The third-order valence-corrected chi connectivity index (χ3v) is 3.73. The minimum absolute atomic E-state index is 0.118. The molecule has 0 unspecified atom stereocenters. The smallest absolute Gasteiger partial charge is 0.215 e. The lowest BCUT2D eigenvalue weighted by molar-refractivity contribution is 0.216. The molecule has 0 saturated heterocycles. The molecule has 0 aromatic heterocycles. The van der Waals surface area contributed by atoms with Crippen LogP contribution in [0.1, 0.15) is 26.7 Å². The van der Waals surface area contributed by atoms with Gasteiger partial charge in [-0.25, -0.2) is 8.42 Å². The maximum atomic E-state index is 11.5. The maximum absolute atomic E-state index is 11.5. The molecule has 0 aromatic carbocycles. The van der Waals surface area contributed by atoms with Gasteiger partial charge in [0.1, 0.15) is 5.54 Å². The minimum Gasteiger partial charge on any atom is -0.384 e. The Hall–Kier alpha value is -0.640. The molecule has 0 rings (SSSR count). The van der Waals surface area contributed by atoms with Gasteiger partial charge in [-0.3, -0.25) is 0 Å². The number of methoxy groups -OCH3 is 1. The molecule has 0 fully saturated rings. The van der Waals surface area contributed by atoms with Crippen LogP contribution in [0.2, 0.25) is 0 Å². The van der Waals surface area contributed by atoms with Crippen LogP contribution in [0, 0.1) is 11.3 Å². The molecule has 0 amide bonds. The van der Waals surface area contributed by atoms with Crippen molar-refractivity contribution in [3.8, 4) is 6.07 Å². The number of nitrogens with one attached hydrogen (secondary N) is 1. The minimum atomic E-state index is -3.44. The molecule has 15 heavy (non-hydrogen) atoms. The predicted octanol–water partition coefficient (Wildman–Crippen LogP) is 0.635. The first-order valence-electron chi connectivity index (χ1n) is 4.87. The molecule has 0 aromatic rings. The van der Waals surface area contributed by atoms with E-state index in [9.17, 15) is 8.42 Å². The second kappa shape index (κ2) is 6.05. The number of nitriles is 1. The van der Waals surface area contributed by atoms with E-state index in [0.717, 1.165) is 0 Å². The first kappa shape index (κ1) is 14.4. The molecule has 0 radical (unpaired) electrons. The Labute approximate surface area is 91.5 Å². The Morgan fingerprint density at radius 1 is 1.40 bits per heavy atom. The zero-order chi connectivity index (χ0) is 11.9. The number of sulfonamides is 1. The van der Waals surface area contributed by atoms with Gasteiger partial charge < -0.3 is 4.74 Å². The van der Waals surface area contributed by atoms with Crippen LogP contribution in [0.3, 0.4) is 0 Å². The van der Waals surface area contributed by atoms with Crippen molar-refractivity contribution in [1.29, 1.82) is 5.26 Å². The summed E-state index contributed by atoms with van der Waals surface area (Å²) >= 11 is 0. The molecule has 1 N–H and O–H groups in total. The standard InChI is InChI=1S/C9H18N2O3S/c1-4-9(5-2,8-10)11-15(12,13)7-6-14-3/h11H,4-7H2,1-3H3. The van der Waals surface area contributed by atoms with Crippen molar-refractivity contribution in [3.63, 3.8) is 0 Å². The van der Waals surface area contributed by atoms with Crippen LogP contribution in [0.15, 0.2) is 0 Å². The van der Waals surface area contributed by atoms with Crippen LogP contribution >= 0.6 is 0 Å². The third-order valence-electron chi connectivity index (χ3n) is 2.33. The quantitative estimate of drug-likeness (QED) is 0.701. The normalized spacial score (nSPS) is 12.4. The average molecular weight is 234 g/mol. The lowest BCUT2D eigenvalue weighted by Crippen LogP contribution is -2.47. The van der Waals surface area contributed by atoms with Crippen LogP contribution < -0.4 is 4.72 Å². The number of rotatable bonds is 7. The summed E-state index contributed by atoms with van der Waals surface area (Å²) in [7, 11) is -2.00. The molecule has 5 nitrogen and oxygen atoms in total. The van der Waals surface area contributed by atoms with E-state index in [1.165, 1.54) is 7.11 Å². The lowest BCUT2D eigenvalue weighted by Gasteiger charge is -2.24. The molecule has 0 heterocycles. The van der Waals surface area contributed by atoms with Gasteiger partial charge in [-0.05, 0) is 12.8 Å². The molecule has 0 bridgehead atoms. The molecular formula is C9H18N2O3S. The van der Waals surface area contributed by atoms with Crippen LogP contribution in [0.5, 0.6) is 0 Å². The summed E-state index contributed by atoms with van der Waals surface area (Å²) in [5.74, 6) is -0.118. The Morgan fingerprint density at radius 3 is 2.27 bits per heavy atom. The first-order valence-corrected chi connectivity index (χ1v) is 6.52. The van der Waals surface area contributed by atoms with Crippen LogP contribution in [0.25, 0.3) is 0 Å². The summed E-state index contributed by atoms with van der Waals surface area (Å²) in [5, 5.41) is 8.96.